The number of fused-ring (bicyclic) bond motifs is 1. The average Bonchev–Trinajstić information content (AvgIpc) is 3.08. The fourth-order valence-corrected chi connectivity index (χ4v) is 4.18. The van der Waals surface area contributed by atoms with Crippen LogP contribution in [-0.2, 0) is 23.2 Å². The van der Waals surface area contributed by atoms with Crippen LogP contribution in [0, 0.1) is 0 Å². The van der Waals surface area contributed by atoms with Crippen LogP contribution in [0.2, 0.25) is 0 Å². The lowest BCUT2D eigenvalue weighted by Crippen LogP contribution is -2.55. The second kappa shape index (κ2) is 5.77. The first-order valence-corrected chi connectivity index (χ1v) is 8.36. The molecule has 1 aliphatic heterocycles. The van der Waals surface area contributed by atoms with Crippen LogP contribution < -0.4 is 11.0 Å². The number of carboxylic acid groups (broad SMARTS) is 1. The smallest absolute Gasteiger partial charge is 0.330 e. The van der Waals surface area contributed by atoms with Crippen molar-refractivity contribution in [2.45, 2.75) is 18.5 Å². The minimum atomic E-state index is -1.23. The summed E-state index contributed by atoms with van der Waals surface area (Å²) in [7, 11) is 1.64. The summed E-state index contributed by atoms with van der Waals surface area (Å²) >= 11 is 1.50. The van der Waals surface area contributed by atoms with E-state index in [-0.39, 0.29) is 12.2 Å². The minimum Gasteiger partial charge on any atom is -0.479 e. The molecule has 1 fully saturated rings. The second-order valence-corrected chi connectivity index (χ2v) is 6.76. The van der Waals surface area contributed by atoms with Crippen molar-refractivity contribution in [3.63, 3.8) is 0 Å². The number of thioether (sulfide) groups is 1. The molecule has 1 aromatic heterocycles. The molecule has 1 atom stereocenters. The summed E-state index contributed by atoms with van der Waals surface area (Å²) in [4.78, 5) is 36.1. The maximum atomic E-state index is 12.3. The molecule has 1 aromatic carbocycles. The van der Waals surface area contributed by atoms with Gasteiger partial charge < -0.3 is 10.4 Å². The van der Waals surface area contributed by atoms with E-state index in [0.717, 1.165) is 5.52 Å². The van der Waals surface area contributed by atoms with Gasteiger partial charge in [0.2, 0.25) is 5.91 Å². The van der Waals surface area contributed by atoms with Crippen molar-refractivity contribution >= 4 is 34.7 Å². The molecule has 0 bridgehead atoms. The number of hydrogen-bond acceptors (Lipinski definition) is 4. The van der Waals surface area contributed by atoms with E-state index in [2.05, 4.69) is 5.32 Å². The van der Waals surface area contributed by atoms with Crippen molar-refractivity contribution in [3.8, 4) is 0 Å². The molecule has 23 heavy (non-hydrogen) atoms. The zero-order valence-corrected chi connectivity index (χ0v) is 13.4. The molecular formula is C15H17N3O4S. The molecule has 0 radical (unpaired) electrons. The SMILES string of the molecule is Cn1c(=O)n(CC(=O)NC2(C(=O)O)CCSC2)c2ccccc21. The van der Waals surface area contributed by atoms with Gasteiger partial charge in [-0.25, -0.2) is 9.59 Å². The van der Waals surface area contributed by atoms with Crippen molar-refractivity contribution in [1.82, 2.24) is 14.5 Å². The topological polar surface area (TPSA) is 93.3 Å². The lowest BCUT2D eigenvalue weighted by Gasteiger charge is -2.24. The monoisotopic (exact) mass is 335 g/mol. The molecule has 3 rings (SSSR count). The van der Waals surface area contributed by atoms with Gasteiger partial charge in [-0.3, -0.25) is 13.9 Å². The van der Waals surface area contributed by atoms with E-state index in [9.17, 15) is 19.5 Å². The number of carboxylic acids is 1. The van der Waals surface area contributed by atoms with Gasteiger partial charge in [0.05, 0.1) is 11.0 Å². The van der Waals surface area contributed by atoms with Crippen LogP contribution in [0.5, 0.6) is 0 Å². The first-order valence-electron chi connectivity index (χ1n) is 7.21. The van der Waals surface area contributed by atoms with Gasteiger partial charge in [-0.05, 0) is 24.3 Å². The number of aliphatic carboxylic acids is 1. The number of aromatic nitrogens is 2. The Hall–Kier alpha value is -2.22. The molecule has 1 amide bonds. The Morgan fingerprint density at radius 1 is 1.35 bits per heavy atom. The number of carbonyl (C=O) groups is 2. The third kappa shape index (κ3) is 2.63. The third-order valence-electron chi connectivity index (χ3n) is 4.16. The van der Waals surface area contributed by atoms with Gasteiger partial charge in [-0.2, -0.15) is 11.8 Å². The Morgan fingerprint density at radius 2 is 2.04 bits per heavy atom. The number of imidazole rings is 1. The van der Waals surface area contributed by atoms with Crippen LogP contribution >= 0.6 is 11.8 Å². The predicted octanol–water partition coefficient (Wildman–Crippen LogP) is 0.417. The fraction of sp³-hybridized carbons (Fsp3) is 0.400. The van der Waals surface area contributed by atoms with Gasteiger partial charge >= 0.3 is 11.7 Å². The van der Waals surface area contributed by atoms with E-state index in [0.29, 0.717) is 23.4 Å². The number of nitrogens with one attached hydrogen (secondary N) is 1. The van der Waals surface area contributed by atoms with E-state index < -0.39 is 17.4 Å². The summed E-state index contributed by atoms with van der Waals surface area (Å²) in [6, 6.07) is 7.18. The van der Waals surface area contributed by atoms with Crippen LogP contribution in [0.1, 0.15) is 6.42 Å². The van der Waals surface area contributed by atoms with Gasteiger partial charge in [0.15, 0.2) is 0 Å². The molecule has 1 aliphatic rings. The Bertz CT molecular complexity index is 833. The molecule has 2 aromatic rings. The molecule has 1 saturated heterocycles. The molecule has 0 spiro atoms. The molecule has 7 nitrogen and oxygen atoms in total. The Labute approximate surface area is 136 Å². The highest BCUT2D eigenvalue weighted by Gasteiger charge is 2.43. The molecule has 8 heteroatoms. The molecular weight excluding hydrogens is 318 g/mol. The zero-order chi connectivity index (χ0) is 16.6. The number of rotatable bonds is 4. The Balaban J connectivity index is 1.88. The summed E-state index contributed by atoms with van der Waals surface area (Å²) < 4.78 is 2.84. The van der Waals surface area contributed by atoms with Crippen molar-refractivity contribution in [1.29, 1.82) is 0 Å². The van der Waals surface area contributed by atoms with Crippen LogP contribution in [0.3, 0.4) is 0 Å². The molecule has 2 N–H and O–H groups in total. The lowest BCUT2D eigenvalue weighted by atomic mass is 9.99. The number of para-hydroxylation sites is 2. The van der Waals surface area contributed by atoms with Gasteiger partial charge in [-0.1, -0.05) is 12.1 Å². The normalized spacial score (nSPS) is 20.7. The maximum absolute atomic E-state index is 12.3. The highest BCUT2D eigenvalue weighted by atomic mass is 32.2. The summed E-state index contributed by atoms with van der Waals surface area (Å²) in [5.74, 6) is -0.450. The quantitative estimate of drug-likeness (QED) is 0.844. The first kappa shape index (κ1) is 15.7. The predicted molar refractivity (Wildman–Crippen MR) is 87.6 cm³/mol. The largest absolute Gasteiger partial charge is 0.479 e. The third-order valence-corrected chi connectivity index (χ3v) is 5.35. The molecule has 0 saturated carbocycles. The lowest BCUT2D eigenvalue weighted by molar-refractivity contribution is -0.146. The summed E-state index contributed by atoms with van der Waals surface area (Å²) in [5, 5.41) is 12.0. The Morgan fingerprint density at radius 3 is 2.65 bits per heavy atom. The van der Waals surface area contributed by atoms with Crippen molar-refractivity contribution < 1.29 is 14.7 Å². The highest BCUT2D eigenvalue weighted by molar-refractivity contribution is 7.99. The van der Waals surface area contributed by atoms with Crippen molar-refractivity contribution in [3.05, 3.63) is 34.7 Å². The minimum absolute atomic E-state index is 0.195. The van der Waals surface area contributed by atoms with E-state index in [4.69, 9.17) is 0 Å². The van der Waals surface area contributed by atoms with E-state index in [1.807, 2.05) is 6.07 Å². The average molecular weight is 335 g/mol. The van der Waals surface area contributed by atoms with E-state index in [1.165, 1.54) is 20.9 Å². The van der Waals surface area contributed by atoms with Crippen molar-refractivity contribution in [2.24, 2.45) is 7.05 Å². The van der Waals surface area contributed by atoms with Crippen LogP contribution in [0.15, 0.2) is 29.1 Å². The summed E-state index contributed by atoms with van der Waals surface area (Å²) in [6.45, 7) is -0.195. The van der Waals surface area contributed by atoms with Gasteiger partial charge in [0, 0.05) is 12.8 Å². The molecule has 122 valence electrons. The highest BCUT2D eigenvalue weighted by Crippen LogP contribution is 2.28. The Kier molecular flexibility index (Phi) is 3.93. The fourth-order valence-electron chi connectivity index (χ4n) is 2.85. The number of aryl methyl sites for hydroxylation is 1. The van der Waals surface area contributed by atoms with Crippen LogP contribution in [-0.4, -0.2) is 43.2 Å². The van der Waals surface area contributed by atoms with E-state index >= 15 is 0 Å². The molecule has 1 unspecified atom stereocenters. The number of amides is 1. The van der Waals surface area contributed by atoms with E-state index in [1.54, 1.807) is 25.2 Å². The van der Waals surface area contributed by atoms with Gasteiger partial charge in [0.25, 0.3) is 0 Å². The van der Waals surface area contributed by atoms with Gasteiger partial charge in [-0.15, -0.1) is 0 Å². The zero-order valence-electron chi connectivity index (χ0n) is 12.6. The number of nitrogens with zero attached hydrogens (tertiary/aromatic N) is 2. The number of hydrogen-bond donors (Lipinski definition) is 2. The second-order valence-electron chi connectivity index (χ2n) is 5.65. The maximum Gasteiger partial charge on any atom is 0.330 e. The number of carbonyl (C=O) groups excluding carboxylic acids is 1. The molecule has 2 heterocycles. The number of benzene rings is 1. The molecule has 0 aliphatic carbocycles. The van der Waals surface area contributed by atoms with Crippen LogP contribution in [0.4, 0.5) is 0 Å². The summed E-state index contributed by atoms with van der Waals surface area (Å²) in [6.07, 6.45) is 0.392. The van der Waals surface area contributed by atoms with Crippen LogP contribution in [0.25, 0.3) is 11.0 Å². The van der Waals surface area contributed by atoms with Gasteiger partial charge in [0.1, 0.15) is 12.1 Å². The first-order chi connectivity index (χ1) is 10.9. The summed E-state index contributed by atoms with van der Waals surface area (Å²) in [5.41, 5.74) is -0.142. The standard InChI is InChI=1S/C15H17N3O4S/c1-17-10-4-2-3-5-11(10)18(14(17)22)8-12(19)16-15(13(20)21)6-7-23-9-15/h2-5H,6-9H2,1H3,(H,16,19)(H,20,21). The van der Waals surface area contributed by atoms with Crippen molar-refractivity contribution in [2.75, 3.05) is 11.5 Å².